The van der Waals surface area contributed by atoms with E-state index in [1.165, 1.54) is 6.07 Å². The molecule has 27 heavy (non-hydrogen) atoms. The Hall–Kier alpha value is -3.35. The molecule has 7 heteroatoms. The van der Waals surface area contributed by atoms with Gasteiger partial charge < -0.3 is 21.1 Å². The SMILES string of the molecule is CC(C)NC(=O)Nc1cccc(C(=O)NCCc2cccc(C(=O)O)c2)c1. The first-order valence-electron chi connectivity index (χ1n) is 8.63. The number of carbonyl (C=O) groups excluding carboxylic acids is 2. The van der Waals surface area contributed by atoms with Gasteiger partial charge in [0.1, 0.15) is 0 Å². The third kappa shape index (κ3) is 6.47. The highest BCUT2D eigenvalue weighted by molar-refractivity contribution is 5.96. The van der Waals surface area contributed by atoms with E-state index < -0.39 is 5.97 Å². The van der Waals surface area contributed by atoms with E-state index in [1.807, 2.05) is 19.9 Å². The van der Waals surface area contributed by atoms with Crippen LogP contribution in [0.4, 0.5) is 10.5 Å². The molecule has 142 valence electrons. The Morgan fingerprint density at radius 1 is 1.00 bits per heavy atom. The summed E-state index contributed by atoms with van der Waals surface area (Å²) < 4.78 is 0. The Labute approximate surface area is 157 Å². The zero-order valence-electron chi connectivity index (χ0n) is 15.3. The molecule has 0 fully saturated rings. The zero-order chi connectivity index (χ0) is 19.8. The van der Waals surface area contributed by atoms with Crippen LogP contribution >= 0.6 is 0 Å². The number of carboxylic acid groups (broad SMARTS) is 1. The summed E-state index contributed by atoms with van der Waals surface area (Å²) in [4.78, 5) is 35.0. The Balaban J connectivity index is 1.90. The molecule has 0 aliphatic heterocycles. The van der Waals surface area contributed by atoms with Gasteiger partial charge in [0.2, 0.25) is 0 Å². The van der Waals surface area contributed by atoms with Crippen molar-refractivity contribution in [2.45, 2.75) is 26.3 Å². The topological polar surface area (TPSA) is 108 Å². The van der Waals surface area contributed by atoms with E-state index in [1.54, 1.807) is 36.4 Å². The number of rotatable bonds is 7. The maximum Gasteiger partial charge on any atom is 0.335 e. The molecule has 3 amide bonds. The molecule has 0 bridgehead atoms. The van der Waals surface area contributed by atoms with Crippen LogP contribution in [0.15, 0.2) is 48.5 Å². The Kier molecular flexibility index (Phi) is 6.93. The van der Waals surface area contributed by atoms with Crippen LogP contribution in [0, 0.1) is 0 Å². The quantitative estimate of drug-likeness (QED) is 0.602. The molecule has 0 unspecified atom stereocenters. The summed E-state index contributed by atoms with van der Waals surface area (Å²) in [5.74, 6) is -1.25. The van der Waals surface area contributed by atoms with Crippen molar-refractivity contribution in [2.75, 3.05) is 11.9 Å². The average Bonchev–Trinajstić information content (AvgIpc) is 2.61. The zero-order valence-corrected chi connectivity index (χ0v) is 15.3. The molecule has 0 heterocycles. The molecule has 0 spiro atoms. The summed E-state index contributed by atoms with van der Waals surface area (Å²) >= 11 is 0. The highest BCUT2D eigenvalue weighted by Gasteiger charge is 2.09. The van der Waals surface area contributed by atoms with Crippen LogP contribution in [0.1, 0.15) is 40.1 Å². The van der Waals surface area contributed by atoms with E-state index in [0.29, 0.717) is 24.2 Å². The van der Waals surface area contributed by atoms with Crippen LogP contribution in [0.25, 0.3) is 0 Å². The first-order chi connectivity index (χ1) is 12.8. The van der Waals surface area contributed by atoms with Crippen molar-refractivity contribution in [1.82, 2.24) is 10.6 Å². The highest BCUT2D eigenvalue weighted by atomic mass is 16.4. The Bertz CT molecular complexity index is 833. The van der Waals surface area contributed by atoms with Crippen molar-refractivity contribution in [3.63, 3.8) is 0 Å². The molecule has 0 saturated carbocycles. The second kappa shape index (κ2) is 9.38. The van der Waals surface area contributed by atoms with E-state index in [9.17, 15) is 14.4 Å². The third-order valence-corrected chi connectivity index (χ3v) is 3.68. The van der Waals surface area contributed by atoms with Gasteiger partial charge in [0.05, 0.1) is 5.56 Å². The lowest BCUT2D eigenvalue weighted by atomic mass is 10.1. The summed E-state index contributed by atoms with van der Waals surface area (Å²) in [5.41, 5.74) is 2.00. The summed E-state index contributed by atoms with van der Waals surface area (Å²) in [7, 11) is 0. The molecule has 0 aliphatic carbocycles. The number of urea groups is 1. The van der Waals surface area contributed by atoms with Gasteiger partial charge in [0.15, 0.2) is 0 Å². The standard InChI is InChI=1S/C20H23N3O4/c1-13(2)22-20(27)23-17-8-4-6-15(12-17)18(24)21-10-9-14-5-3-7-16(11-14)19(25)26/h3-8,11-13H,9-10H2,1-2H3,(H,21,24)(H,25,26)(H2,22,23,27). The van der Waals surface area contributed by atoms with Crippen LogP contribution in [0.2, 0.25) is 0 Å². The van der Waals surface area contributed by atoms with Gasteiger partial charge in [-0.15, -0.1) is 0 Å². The largest absolute Gasteiger partial charge is 0.478 e. The smallest absolute Gasteiger partial charge is 0.335 e. The van der Waals surface area contributed by atoms with E-state index in [2.05, 4.69) is 16.0 Å². The Morgan fingerprint density at radius 3 is 2.41 bits per heavy atom. The molecule has 2 aromatic rings. The molecule has 0 aliphatic rings. The Morgan fingerprint density at radius 2 is 1.70 bits per heavy atom. The average molecular weight is 369 g/mol. The van der Waals surface area contributed by atoms with Crippen molar-refractivity contribution in [3.8, 4) is 0 Å². The van der Waals surface area contributed by atoms with E-state index >= 15 is 0 Å². The molecule has 0 saturated heterocycles. The first kappa shape index (κ1) is 20.0. The van der Waals surface area contributed by atoms with Gasteiger partial charge in [-0.1, -0.05) is 18.2 Å². The van der Waals surface area contributed by atoms with Crippen LogP contribution < -0.4 is 16.0 Å². The summed E-state index contributed by atoms with van der Waals surface area (Å²) in [6, 6.07) is 12.9. The molecule has 4 N–H and O–H groups in total. The van der Waals surface area contributed by atoms with Crippen molar-refractivity contribution >= 4 is 23.6 Å². The van der Waals surface area contributed by atoms with Gasteiger partial charge in [0.25, 0.3) is 5.91 Å². The van der Waals surface area contributed by atoms with Crippen molar-refractivity contribution < 1.29 is 19.5 Å². The number of nitrogens with one attached hydrogen (secondary N) is 3. The molecular weight excluding hydrogens is 346 g/mol. The lowest BCUT2D eigenvalue weighted by Gasteiger charge is -2.11. The first-order valence-corrected chi connectivity index (χ1v) is 8.63. The molecule has 0 radical (unpaired) electrons. The van der Waals surface area contributed by atoms with Crippen molar-refractivity contribution in [1.29, 1.82) is 0 Å². The summed E-state index contributed by atoms with van der Waals surface area (Å²) in [6.45, 7) is 4.08. The predicted octanol–water partition coefficient (Wildman–Crippen LogP) is 2.89. The lowest BCUT2D eigenvalue weighted by Crippen LogP contribution is -2.34. The van der Waals surface area contributed by atoms with Crippen molar-refractivity contribution in [2.24, 2.45) is 0 Å². The normalized spacial score (nSPS) is 10.3. The maximum atomic E-state index is 12.3. The van der Waals surface area contributed by atoms with E-state index in [4.69, 9.17) is 5.11 Å². The number of anilines is 1. The van der Waals surface area contributed by atoms with Crippen molar-refractivity contribution in [3.05, 3.63) is 65.2 Å². The van der Waals surface area contributed by atoms with Crippen LogP contribution in [-0.2, 0) is 6.42 Å². The van der Waals surface area contributed by atoms with Gasteiger partial charge in [-0.3, -0.25) is 4.79 Å². The number of carboxylic acids is 1. The second-order valence-corrected chi connectivity index (χ2v) is 6.35. The number of carbonyl (C=O) groups is 3. The van der Waals surface area contributed by atoms with Gasteiger partial charge in [0, 0.05) is 23.8 Å². The maximum absolute atomic E-state index is 12.3. The fourth-order valence-electron chi connectivity index (χ4n) is 2.45. The molecule has 0 aromatic heterocycles. The summed E-state index contributed by atoms with van der Waals surface area (Å²) in [5, 5.41) is 17.2. The van der Waals surface area contributed by atoms with Gasteiger partial charge in [-0.05, 0) is 56.2 Å². The van der Waals surface area contributed by atoms with Gasteiger partial charge >= 0.3 is 12.0 Å². The monoisotopic (exact) mass is 369 g/mol. The number of aromatic carboxylic acids is 1. The van der Waals surface area contributed by atoms with Crippen LogP contribution in [0.3, 0.4) is 0 Å². The molecule has 2 rings (SSSR count). The second-order valence-electron chi connectivity index (χ2n) is 6.35. The van der Waals surface area contributed by atoms with Gasteiger partial charge in [-0.2, -0.15) is 0 Å². The third-order valence-electron chi connectivity index (χ3n) is 3.68. The number of hydrogen-bond acceptors (Lipinski definition) is 3. The number of benzene rings is 2. The van der Waals surface area contributed by atoms with Gasteiger partial charge in [-0.25, -0.2) is 9.59 Å². The fourth-order valence-corrected chi connectivity index (χ4v) is 2.45. The van der Waals surface area contributed by atoms with E-state index in [-0.39, 0.29) is 23.5 Å². The van der Waals surface area contributed by atoms with E-state index in [0.717, 1.165) is 5.56 Å². The number of amides is 3. The molecular formula is C20H23N3O4. The fraction of sp³-hybridized carbons (Fsp3) is 0.250. The van der Waals surface area contributed by atoms with Crippen LogP contribution in [-0.4, -0.2) is 35.6 Å². The summed E-state index contributed by atoms with van der Waals surface area (Å²) in [6.07, 6.45) is 0.515. The minimum Gasteiger partial charge on any atom is -0.478 e. The number of hydrogen-bond donors (Lipinski definition) is 4. The predicted molar refractivity (Wildman–Crippen MR) is 103 cm³/mol. The lowest BCUT2D eigenvalue weighted by molar-refractivity contribution is 0.0696. The van der Waals surface area contributed by atoms with Crippen LogP contribution in [0.5, 0.6) is 0 Å². The highest BCUT2D eigenvalue weighted by Crippen LogP contribution is 2.11. The minimum atomic E-state index is -0.980. The molecule has 0 atom stereocenters. The minimum absolute atomic E-state index is 0.0103. The molecule has 7 nitrogen and oxygen atoms in total. The molecule has 2 aromatic carbocycles.